The lowest BCUT2D eigenvalue weighted by atomic mass is 10.0. The molecule has 2 N–H and O–H groups in total. The van der Waals surface area contributed by atoms with E-state index in [1.807, 2.05) is 30.3 Å². The molecule has 28 heavy (non-hydrogen) atoms. The number of ether oxygens (including phenoxy) is 1. The number of carbonyl (C=O) groups excluding carboxylic acids is 1. The first-order chi connectivity index (χ1) is 13.5. The Labute approximate surface area is 161 Å². The van der Waals surface area contributed by atoms with Gasteiger partial charge in [-0.1, -0.05) is 35.5 Å². The van der Waals surface area contributed by atoms with Crippen molar-refractivity contribution < 1.29 is 24.0 Å². The quantitative estimate of drug-likeness (QED) is 0.651. The summed E-state index contributed by atoms with van der Waals surface area (Å²) in [6, 6.07) is 15.4. The van der Waals surface area contributed by atoms with Crippen LogP contribution in [0.15, 0.2) is 59.1 Å². The Morgan fingerprint density at radius 2 is 1.82 bits per heavy atom. The highest BCUT2D eigenvalue weighted by atomic mass is 16.5. The molecule has 0 saturated carbocycles. The van der Waals surface area contributed by atoms with Crippen molar-refractivity contribution in [3.05, 3.63) is 71.5 Å². The van der Waals surface area contributed by atoms with E-state index in [1.165, 1.54) is 0 Å². The Morgan fingerprint density at radius 1 is 1.14 bits per heavy atom. The summed E-state index contributed by atoms with van der Waals surface area (Å²) in [7, 11) is 1.55. The van der Waals surface area contributed by atoms with Crippen molar-refractivity contribution in [2.75, 3.05) is 7.11 Å². The second-order valence-electron chi connectivity index (χ2n) is 6.26. The molecule has 1 heterocycles. The lowest BCUT2D eigenvalue weighted by Crippen LogP contribution is -2.28. The van der Waals surface area contributed by atoms with E-state index in [9.17, 15) is 14.7 Å². The molecule has 1 aromatic heterocycles. The van der Waals surface area contributed by atoms with Gasteiger partial charge in [-0.15, -0.1) is 0 Å². The van der Waals surface area contributed by atoms with Gasteiger partial charge in [0.05, 0.1) is 19.6 Å². The maximum absolute atomic E-state index is 12.3. The number of hydrogen-bond donors (Lipinski definition) is 2. The summed E-state index contributed by atoms with van der Waals surface area (Å²) in [5, 5.41) is 16.4. The molecule has 3 rings (SSSR count). The number of carboxylic acids is 1. The average molecular weight is 380 g/mol. The number of amides is 1. The van der Waals surface area contributed by atoms with Crippen LogP contribution in [-0.4, -0.2) is 29.2 Å². The van der Waals surface area contributed by atoms with Crippen LogP contribution in [0.3, 0.4) is 0 Å². The minimum Gasteiger partial charge on any atom is -0.497 e. The van der Waals surface area contributed by atoms with Crippen LogP contribution in [0.5, 0.6) is 5.75 Å². The third kappa shape index (κ3) is 4.20. The highest BCUT2D eigenvalue weighted by Crippen LogP contribution is 2.30. The first-order valence-electron chi connectivity index (χ1n) is 8.70. The Bertz CT molecular complexity index is 964. The Kier molecular flexibility index (Phi) is 5.74. The monoisotopic (exact) mass is 380 g/mol. The molecule has 0 radical (unpaired) electrons. The molecular formula is C21H20N2O5. The van der Waals surface area contributed by atoms with E-state index in [0.717, 1.165) is 5.56 Å². The number of aromatic carboxylic acids is 1. The first-order valence-corrected chi connectivity index (χ1v) is 8.70. The van der Waals surface area contributed by atoms with Gasteiger partial charge in [-0.25, -0.2) is 4.79 Å². The molecule has 0 fully saturated rings. The number of carboxylic acid groups (broad SMARTS) is 1. The Balaban J connectivity index is 1.82. The molecule has 0 aliphatic carbocycles. The summed E-state index contributed by atoms with van der Waals surface area (Å²) in [6.07, 6.45) is 0.188. The van der Waals surface area contributed by atoms with Crippen molar-refractivity contribution in [1.82, 2.24) is 10.5 Å². The van der Waals surface area contributed by atoms with Gasteiger partial charge in [-0.3, -0.25) is 4.79 Å². The van der Waals surface area contributed by atoms with Crippen molar-refractivity contribution in [3.63, 3.8) is 0 Å². The Morgan fingerprint density at radius 3 is 2.43 bits per heavy atom. The predicted molar refractivity (Wildman–Crippen MR) is 102 cm³/mol. The van der Waals surface area contributed by atoms with Gasteiger partial charge in [-0.05, 0) is 36.8 Å². The molecule has 144 valence electrons. The van der Waals surface area contributed by atoms with Crippen LogP contribution >= 0.6 is 0 Å². The number of aromatic nitrogens is 1. The summed E-state index contributed by atoms with van der Waals surface area (Å²) in [4.78, 5) is 24.1. The van der Waals surface area contributed by atoms with Gasteiger partial charge in [0.25, 0.3) is 0 Å². The molecule has 0 aliphatic heterocycles. The number of nitrogens with one attached hydrogen (secondary N) is 1. The van der Waals surface area contributed by atoms with E-state index >= 15 is 0 Å². The predicted octanol–water partition coefficient (Wildman–Crippen LogP) is 3.47. The largest absolute Gasteiger partial charge is 0.497 e. The molecule has 0 spiro atoms. The third-order valence-corrected chi connectivity index (χ3v) is 4.27. The molecule has 0 unspecified atom stereocenters. The first kappa shape index (κ1) is 19.2. The van der Waals surface area contributed by atoms with Crippen LogP contribution in [0, 0.1) is 0 Å². The molecular weight excluding hydrogens is 360 g/mol. The lowest BCUT2D eigenvalue weighted by molar-refractivity contribution is -0.121. The topological polar surface area (TPSA) is 102 Å². The van der Waals surface area contributed by atoms with Gasteiger partial charge in [-0.2, -0.15) is 0 Å². The molecule has 0 aliphatic rings. The lowest BCUT2D eigenvalue weighted by Gasteiger charge is -2.12. The van der Waals surface area contributed by atoms with Gasteiger partial charge >= 0.3 is 5.97 Å². The summed E-state index contributed by atoms with van der Waals surface area (Å²) in [5.41, 5.74) is 1.57. The normalized spacial score (nSPS) is 11.6. The summed E-state index contributed by atoms with van der Waals surface area (Å²) in [5.74, 6) is -0.672. The van der Waals surface area contributed by atoms with E-state index < -0.39 is 12.0 Å². The Hall–Kier alpha value is -3.61. The van der Waals surface area contributed by atoms with E-state index in [4.69, 9.17) is 9.26 Å². The van der Waals surface area contributed by atoms with E-state index in [0.29, 0.717) is 11.3 Å². The fraction of sp³-hybridized carbons (Fsp3) is 0.190. The zero-order chi connectivity index (χ0) is 20.1. The number of methoxy groups -OCH3 is 1. The van der Waals surface area contributed by atoms with Gasteiger partial charge < -0.3 is 19.7 Å². The van der Waals surface area contributed by atoms with Crippen LogP contribution < -0.4 is 10.1 Å². The van der Waals surface area contributed by atoms with Crippen molar-refractivity contribution in [2.45, 2.75) is 19.4 Å². The maximum Gasteiger partial charge on any atom is 0.341 e. The second kappa shape index (κ2) is 8.39. The molecule has 7 heteroatoms. The fourth-order valence-electron chi connectivity index (χ4n) is 2.89. The highest BCUT2D eigenvalue weighted by Gasteiger charge is 2.28. The molecule has 1 amide bonds. The van der Waals surface area contributed by atoms with E-state index in [-0.39, 0.29) is 29.3 Å². The van der Waals surface area contributed by atoms with E-state index in [2.05, 4.69) is 10.5 Å². The van der Waals surface area contributed by atoms with Crippen LogP contribution in [-0.2, 0) is 11.2 Å². The van der Waals surface area contributed by atoms with Gasteiger partial charge in [0.1, 0.15) is 17.0 Å². The van der Waals surface area contributed by atoms with Crippen molar-refractivity contribution in [3.8, 4) is 17.0 Å². The summed E-state index contributed by atoms with van der Waals surface area (Å²) in [6.45, 7) is 1.66. The van der Waals surface area contributed by atoms with Gasteiger partial charge in [0, 0.05) is 5.56 Å². The zero-order valence-electron chi connectivity index (χ0n) is 15.5. The number of carbonyl (C=O) groups is 2. The zero-order valence-corrected chi connectivity index (χ0v) is 15.5. The number of hydrogen-bond acceptors (Lipinski definition) is 5. The number of rotatable bonds is 7. The van der Waals surface area contributed by atoms with Gasteiger partial charge in [0.2, 0.25) is 5.91 Å². The second-order valence-corrected chi connectivity index (χ2v) is 6.26. The van der Waals surface area contributed by atoms with Crippen molar-refractivity contribution in [1.29, 1.82) is 0 Å². The summed E-state index contributed by atoms with van der Waals surface area (Å²) >= 11 is 0. The summed E-state index contributed by atoms with van der Waals surface area (Å²) < 4.78 is 10.4. The van der Waals surface area contributed by atoms with Gasteiger partial charge in [0.15, 0.2) is 5.76 Å². The van der Waals surface area contributed by atoms with Crippen molar-refractivity contribution >= 4 is 11.9 Å². The maximum atomic E-state index is 12.3. The SMILES string of the molecule is COc1ccc(-c2noc([C@@H](C)NC(=O)Cc3ccccc3)c2C(=O)O)cc1. The molecule has 3 aromatic rings. The van der Waals surface area contributed by atoms with Crippen molar-refractivity contribution in [2.24, 2.45) is 0 Å². The number of benzene rings is 2. The molecule has 2 aromatic carbocycles. The molecule has 0 bridgehead atoms. The molecule has 1 atom stereocenters. The number of nitrogens with zero attached hydrogens (tertiary/aromatic N) is 1. The smallest absolute Gasteiger partial charge is 0.341 e. The van der Waals surface area contributed by atoms with Crippen LogP contribution in [0.4, 0.5) is 0 Å². The molecule has 7 nitrogen and oxygen atoms in total. The standard InChI is InChI=1S/C21H20N2O5/c1-13(22-17(24)12-14-6-4-3-5-7-14)20-18(21(25)26)19(23-28-20)15-8-10-16(27-2)11-9-15/h3-11,13H,12H2,1-2H3,(H,22,24)(H,25,26)/t13-/m1/s1. The van der Waals surface area contributed by atoms with Crippen LogP contribution in [0.25, 0.3) is 11.3 Å². The van der Waals surface area contributed by atoms with Crippen LogP contribution in [0.1, 0.15) is 34.6 Å². The average Bonchev–Trinajstić information content (AvgIpc) is 3.14. The van der Waals surface area contributed by atoms with E-state index in [1.54, 1.807) is 38.3 Å². The highest BCUT2D eigenvalue weighted by molar-refractivity contribution is 5.96. The van der Waals surface area contributed by atoms with Crippen LogP contribution in [0.2, 0.25) is 0 Å². The minimum absolute atomic E-state index is 0.0716. The fourth-order valence-corrected chi connectivity index (χ4v) is 2.89. The third-order valence-electron chi connectivity index (χ3n) is 4.27. The minimum atomic E-state index is -1.17. The molecule has 0 saturated heterocycles.